The van der Waals surface area contributed by atoms with Crippen molar-refractivity contribution in [2.45, 2.75) is 38.3 Å². The number of nitrogens with one attached hydrogen (secondary N) is 2. The molecule has 0 aliphatic carbocycles. The van der Waals surface area contributed by atoms with Crippen LogP contribution >= 0.6 is 23.2 Å². The Morgan fingerprint density at radius 2 is 2.08 bits per heavy atom. The summed E-state index contributed by atoms with van der Waals surface area (Å²) >= 11 is 12.3. The first kappa shape index (κ1) is 20.3. The van der Waals surface area contributed by atoms with E-state index in [0.29, 0.717) is 29.8 Å². The quantitative estimate of drug-likeness (QED) is 0.575. The highest BCUT2D eigenvalue weighted by Crippen LogP contribution is 2.27. The molecule has 1 saturated heterocycles. The molecule has 1 aliphatic heterocycles. The number of nitrogens with zero attached hydrogens (tertiary/aromatic N) is 1. The topological polar surface area (TPSA) is 54.9 Å². The Morgan fingerprint density at radius 3 is 2.68 bits per heavy atom. The van der Waals surface area contributed by atoms with Crippen molar-refractivity contribution >= 4 is 29.2 Å². The standard InChI is InChI=1S/C18H27Cl2N3O2/c1-4-21-17(22-12-18(24-3)7-9-25-10-8-18)23-13(2)15-6-5-14(19)11-16(15)20/h5-6,11,13H,4,7-10,12H2,1-3H3,(H2,21,22,23). The number of benzene rings is 1. The summed E-state index contributed by atoms with van der Waals surface area (Å²) in [6, 6.07) is 5.52. The van der Waals surface area contributed by atoms with E-state index in [2.05, 4.69) is 10.6 Å². The van der Waals surface area contributed by atoms with Crippen molar-refractivity contribution in [3.8, 4) is 0 Å². The molecule has 0 saturated carbocycles. The van der Waals surface area contributed by atoms with Crippen LogP contribution < -0.4 is 10.6 Å². The van der Waals surface area contributed by atoms with Crippen LogP contribution in [0.2, 0.25) is 10.0 Å². The molecule has 1 aromatic carbocycles. The molecule has 1 unspecified atom stereocenters. The predicted molar refractivity (Wildman–Crippen MR) is 104 cm³/mol. The highest BCUT2D eigenvalue weighted by molar-refractivity contribution is 6.35. The second kappa shape index (κ2) is 9.62. The van der Waals surface area contributed by atoms with Crippen LogP contribution in [0.1, 0.15) is 38.3 Å². The Bertz CT molecular complexity index is 590. The molecule has 5 nitrogen and oxygen atoms in total. The molecule has 7 heteroatoms. The van der Waals surface area contributed by atoms with Crippen LogP contribution in [-0.4, -0.2) is 45.0 Å². The van der Waals surface area contributed by atoms with Gasteiger partial charge in [-0.15, -0.1) is 0 Å². The largest absolute Gasteiger partial charge is 0.381 e. The first-order chi connectivity index (χ1) is 12.0. The highest BCUT2D eigenvalue weighted by atomic mass is 35.5. The molecule has 0 spiro atoms. The van der Waals surface area contributed by atoms with Crippen molar-refractivity contribution in [1.29, 1.82) is 0 Å². The fraction of sp³-hybridized carbons (Fsp3) is 0.611. The Labute approximate surface area is 160 Å². The number of methoxy groups -OCH3 is 1. The second-order valence-corrected chi connectivity index (χ2v) is 7.07. The van der Waals surface area contributed by atoms with Crippen molar-refractivity contribution in [2.75, 3.05) is 33.4 Å². The normalized spacial score (nSPS) is 18.7. The average molecular weight is 388 g/mol. The van der Waals surface area contributed by atoms with E-state index in [4.69, 9.17) is 37.7 Å². The zero-order valence-corrected chi connectivity index (χ0v) is 16.6. The van der Waals surface area contributed by atoms with Crippen LogP contribution in [-0.2, 0) is 9.47 Å². The van der Waals surface area contributed by atoms with Gasteiger partial charge in [0.2, 0.25) is 0 Å². The van der Waals surface area contributed by atoms with Gasteiger partial charge in [0.25, 0.3) is 0 Å². The number of rotatable bonds is 6. The average Bonchev–Trinajstić information content (AvgIpc) is 2.60. The van der Waals surface area contributed by atoms with Gasteiger partial charge in [-0.3, -0.25) is 4.99 Å². The minimum absolute atomic E-state index is 0.00393. The molecular formula is C18H27Cl2N3O2. The van der Waals surface area contributed by atoms with Crippen molar-refractivity contribution in [2.24, 2.45) is 4.99 Å². The maximum atomic E-state index is 6.31. The van der Waals surface area contributed by atoms with Gasteiger partial charge < -0.3 is 20.1 Å². The van der Waals surface area contributed by atoms with Crippen molar-refractivity contribution < 1.29 is 9.47 Å². The maximum Gasteiger partial charge on any atom is 0.191 e. The van der Waals surface area contributed by atoms with Crippen LogP contribution in [0.25, 0.3) is 0 Å². The van der Waals surface area contributed by atoms with Crippen LogP contribution in [0.3, 0.4) is 0 Å². The molecule has 0 amide bonds. The van der Waals surface area contributed by atoms with Gasteiger partial charge in [-0.2, -0.15) is 0 Å². The monoisotopic (exact) mass is 387 g/mol. The zero-order valence-electron chi connectivity index (χ0n) is 15.1. The van der Waals surface area contributed by atoms with Gasteiger partial charge in [0.1, 0.15) is 0 Å². The smallest absolute Gasteiger partial charge is 0.191 e. The summed E-state index contributed by atoms with van der Waals surface area (Å²) in [5.41, 5.74) is 0.728. The Hall–Kier alpha value is -1.01. The molecule has 140 valence electrons. The minimum Gasteiger partial charge on any atom is -0.381 e. The number of guanidine groups is 1. The Balaban J connectivity index is 2.08. The minimum atomic E-state index is -0.248. The molecule has 1 aromatic rings. The summed E-state index contributed by atoms with van der Waals surface area (Å²) in [7, 11) is 1.75. The fourth-order valence-corrected chi connectivity index (χ4v) is 3.42. The van der Waals surface area contributed by atoms with E-state index < -0.39 is 0 Å². The van der Waals surface area contributed by atoms with Gasteiger partial charge in [-0.25, -0.2) is 0 Å². The summed E-state index contributed by atoms with van der Waals surface area (Å²) in [5, 5.41) is 7.95. The third-order valence-electron chi connectivity index (χ3n) is 4.49. The first-order valence-corrected chi connectivity index (χ1v) is 9.38. The Kier molecular flexibility index (Phi) is 7.81. The highest BCUT2D eigenvalue weighted by Gasteiger charge is 2.32. The second-order valence-electron chi connectivity index (χ2n) is 6.23. The molecule has 1 atom stereocenters. The number of aliphatic imine (C=N–C) groups is 1. The summed E-state index contributed by atoms with van der Waals surface area (Å²) < 4.78 is 11.2. The lowest BCUT2D eigenvalue weighted by atomic mass is 9.94. The summed E-state index contributed by atoms with van der Waals surface area (Å²) in [6.07, 6.45) is 1.70. The molecule has 2 N–H and O–H groups in total. The van der Waals surface area contributed by atoms with Crippen molar-refractivity contribution in [3.05, 3.63) is 33.8 Å². The van der Waals surface area contributed by atoms with E-state index in [0.717, 1.165) is 30.9 Å². The molecule has 0 bridgehead atoms. The molecule has 1 aliphatic rings. The third kappa shape index (κ3) is 5.74. The van der Waals surface area contributed by atoms with Crippen LogP contribution in [0, 0.1) is 0 Å². The van der Waals surface area contributed by atoms with Gasteiger partial charge in [0.05, 0.1) is 18.2 Å². The lowest BCUT2D eigenvalue weighted by molar-refractivity contribution is -0.0828. The molecule has 0 aromatic heterocycles. The summed E-state index contributed by atoms with van der Waals surface area (Å²) in [4.78, 5) is 4.74. The number of hydrogen-bond acceptors (Lipinski definition) is 3. The number of halogens is 2. The van der Waals surface area contributed by atoms with Gasteiger partial charge in [0.15, 0.2) is 5.96 Å². The van der Waals surface area contributed by atoms with E-state index in [1.807, 2.05) is 26.0 Å². The molecule has 1 heterocycles. The Morgan fingerprint density at radius 1 is 1.36 bits per heavy atom. The number of hydrogen-bond donors (Lipinski definition) is 2. The van der Waals surface area contributed by atoms with Crippen LogP contribution in [0.4, 0.5) is 0 Å². The molecular weight excluding hydrogens is 361 g/mol. The number of ether oxygens (including phenoxy) is 2. The van der Waals surface area contributed by atoms with E-state index in [9.17, 15) is 0 Å². The maximum absolute atomic E-state index is 6.31. The zero-order chi connectivity index (χ0) is 18.3. The van der Waals surface area contributed by atoms with Gasteiger partial charge in [0, 0.05) is 49.8 Å². The van der Waals surface area contributed by atoms with Crippen LogP contribution in [0.15, 0.2) is 23.2 Å². The molecule has 25 heavy (non-hydrogen) atoms. The lowest BCUT2D eigenvalue weighted by Crippen LogP contribution is -2.44. The van der Waals surface area contributed by atoms with E-state index in [-0.39, 0.29) is 11.6 Å². The lowest BCUT2D eigenvalue weighted by Gasteiger charge is -2.34. The van der Waals surface area contributed by atoms with Gasteiger partial charge >= 0.3 is 0 Å². The third-order valence-corrected chi connectivity index (χ3v) is 5.05. The fourth-order valence-electron chi connectivity index (χ4n) is 2.85. The van der Waals surface area contributed by atoms with E-state index >= 15 is 0 Å². The van der Waals surface area contributed by atoms with Gasteiger partial charge in [-0.05, 0) is 31.5 Å². The van der Waals surface area contributed by atoms with E-state index in [1.165, 1.54) is 0 Å². The predicted octanol–water partition coefficient (Wildman–Crippen LogP) is 3.81. The molecule has 1 fully saturated rings. The first-order valence-electron chi connectivity index (χ1n) is 8.62. The molecule has 2 rings (SSSR count). The summed E-state index contributed by atoms with van der Waals surface area (Å²) in [5.74, 6) is 0.740. The van der Waals surface area contributed by atoms with Gasteiger partial charge in [-0.1, -0.05) is 29.3 Å². The van der Waals surface area contributed by atoms with E-state index in [1.54, 1.807) is 13.2 Å². The van der Waals surface area contributed by atoms with Crippen molar-refractivity contribution in [1.82, 2.24) is 10.6 Å². The SMILES string of the molecule is CCNC(=NCC1(OC)CCOCC1)NC(C)c1ccc(Cl)cc1Cl. The summed E-state index contributed by atoms with van der Waals surface area (Å²) in [6.45, 7) is 6.87. The molecule has 0 radical (unpaired) electrons. The van der Waals surface area contributed by atoms with Crippen molar-refractivity contribution in [3.63, 3.8) is 0 Å². The van der Waals surface area contributed by atoms with Crippen LogP contribution in [0.5, 0.6) is 0 Å².